The van der Waals surface area contributed by atoms with Crippen LogP contribution in [-0.4, -0.2) is 6.29 Å². The van der Waals surface area contributed by atoms with Gasteiger partial charge in [0, 0.05) is 5.92 Å². The summed E-state index contributed by atoms with van der Waals surface area (Å²) in [5.41, 5.74) is 0. The first-order valence-electron chi connectivity index (χ1n) is 9.09. The molecule has 0 N–H and O–H groups in total. The van der Waals surface area contributed by atoms with Gasteiger partial charge in [-0.05, 0) is 68.1 Å². The third-order valence-corrected chi connectivity index (χ3v) is 6.50. The van der Waals surface area contributed by atoms with Crippen LogP contribution in [0.3, 0.4) is 0 Å². The van der Waals surface area contributed by atoms with Crippen molar-refractivity contribution in [1.29, 1.82) is 0 Å². The molecule has 0 aromatic rings. The van der Waals surface area contributed by atoms with Gasteiger partial charge in [0.05, 0.1) is 0 Å². The number of hydrogen-bond acceptors (Lipinski definition) is 1. The van der Waals surface area contributed by atoms with Crippen LogP contribution in [0.5, 0.6) is 0 Å². The van der Waals surface area contributed by atoms with E-state index in [0.717, 1.165) is 29.6 Å². The molecule has 20 heavy (non-hydrogen) atoms. The summed E-state index contributed by atoms with van der Waals surface area (Å²) < 4.78 is 0. The van der Waals surface area contributed by atoms with Crippen LogP contribution in [0.2, 0.25) is 0 Å². The number of carbonyl (C=O) groups excluding carboxylic acids is 1. The number of hydrogen-bond donors (Lipinski definition) is 0. The predicted octanol–water partition coefficient (Wildman–Crippen LogP) is 5.48. The summed E-state index contributed by atoms with van der Waals surface area (Å²) in [6, 6.07) is 0. The van der Waals surface area contributed by atoms with Crippen LogP contribution in [-0.2, 0) is 4.79 Å². The Morgan fingerprint density at radius 2 is 1.70 bits per heavy atom. The molecule has 6 unspecified atom stereocenters. The van der Waals surface area contributed by atoms with Gasteiger partial charge in [-0.15, -0.1) is 0 Å². The molecule has 2 aliphatic carbocycles. The van der Waals surface area contributed by atoms with Crippen LogP contribution in [0.25, 0.3) is 0 Å². The summed E-state index contributed by atoms with van der Waals surface area (Å²) in [4.78, 5) is 11.0. The zero-order chi connectivity index (χ0) is 14.5. The SMILES string of the molecule is CCC(C)CCC(C)C1CCC2CC(C=O)CCC2C1. The Bertz CT molecular complexity index is 298. The lowest BCUT2D eigenvalue weighted by atomic mass is 9.63. The van der Waals surface area contributed by atoms with Crippen molar-refractivity contribution in [1.82, 2.24) is 0 Å². The molecular formula is C19H34O. The Balaban J connectivity index is 1.78. The standard InChI is InChI=1S/C19H34O/c1-4-14(2)5-6-15(3)17-9-10-18-11-16(13-20)7-8-19(18)12-17/h13-19H,4-12H2,1-3H3. The van der Waals surface area contributed by atoms with E-state index in [9.17, 15) is 4.79 Å². The molecule has 0 radical (unpaired) electrons. The van der Waals surface area contributed by atoms with E-state index in [2.05, 4.69) is 20.8 Å². The Morgan fingerprint density at radius 3 is 2.40 bits per heavy atom. The van der Waals surface area contributed by atoms with Gasteiger partial charge in [0.25, 0.3) is 0 Å². The molecule has 0 heterocycles. The smallest absolute Gasteiger partial charge is 0.123 e. The lowest BCUT2D eigenvalue weighted by Gasteiger charge is -2.43. The van der Waals surface area contributed by atoms with E-state index in [1.165, 1.54) is 64.1 Å². The van der Waals surface area contributed by atoms with Crippen molar-refractivity contribution in [2.45, 2.75) is 78.6 Å². The third-order valence-electron chi connectivity index (χ3n) is 6.50. The molecule has 6 atom stereocenters. The second-order valence-corrected chi connectivity index (χ2v) is 7.87. The van der Waals surface area contributed by atoms with Crippen LogP contribution >= 0.6 is 0 Å². The Labute approximate surface area is 125 Å². The molecule has 0 aliphatic heterocycles. The minimum Gasteiger partial charge on any atom is -0.303 e. The lowest BCUT2D eigenvalue weighted by molar-refractivity contribution is -0.113. The molecule has 1 nitrogen and oxygen atoms in total. The fourth-order valence-electron chi connectivity index (χ4n) is 4.59. The maximum Gasteiger partial charge on any atom is 0.123 e. The first-order valence-corrected chi connectivity index (χ1v) is 9.09. The van der Waals surface area contributed by atoms with Gasteiger partial charge in [-0.2, -0.15) is 0 Å². The first kappa shape index (κ1) is 16.0. The predicted molar refractivity (Wildman–Crippen MR) is 85.6 cm³/mol. The van der Waals surface area contributed by atoms with Gasteiger partial charge in [0.2, 0.25) is 0 Å². The van der Waals surface area contributed by atoms with Crippen molar-refractivity contribution < 1.29 is 4.79 Å². The Kier molecular flexibility index (Phi) is 6.11. The van der Waals surface area contributed by atoms with Crippen LogP contribution in [0.1, 0.15) is 78.6 Å². The summed E-state index contributed by atoms with van der Waals surface area (Å²) in [7, 11) is 0. The highest BCUT2D eigenvalue weighted by Gasteiger charge is 2.36. The average molecular weight is 278 g/mol. The van der Waals surface area contributed by atoms with Gasteiger partial charge in [0.15, 0.2) is 0 Å². The van der Waals surface area contributed by atoms with E-state index in [1.807, 2.05) is 0 Å². The van der Waals surface area contributed by atoms with Gasteiger partial charge >= 0.3 is 0 Å². The molecule has 0 aromatic heterocycles. The Hall–Kier alpha value is -0.330. The largest absolute Gasteiger partial charge is 0.303 e. The highest BCUT2D eigenvalue weighted by molar-refractivity contribution is 5.53. The molecule has 0 saturated heterocycles. The molecule has 116 valence electrons. The van der Waals surface area contributed by atoms with Crippen molar-refractivity contribution >= 4 is 6.29 Å². The molecule has 2 rings (SSSR count). The van der Waals surface area contributed by atoms with E-state index >= 15 is 0 Å². The summed E-state index contributed by atoms with van der Waals surface area (Å²) in [6.45, 7) is 7.20. The van der Waals surface area contributed by atoms with Crippen molar-refractivity contribution in [3.8, 4) is 0 Å². The number of fused-ring (bicyclic) bond motifs is 1. The van der Waals surface area contributed by atoms with Gasteiger partial charge in [-0.1, -0.05) is 40.0 Å². The molecule has 0 bridgehead atoms. The molecule has 0 aromatic carbocycles. The molecular weight excluding hydrogens is 244 g/mol. The van der Waals surface area contributed by atoms with Crippen LogP contribution in [0.4, 0.5) is 0 Å². The second kappa shape index (κ2) is 7.61. The molecule has 0 spiro atoms. The number of carbonyl (C=O) groups is 1. The van der Waals surface area contributed by atoms with E-state index in [1.54, 1.807) is 0 Å². The summed E-state index contributed by atoms with van der Waals surface area (Å²) >= 11 is 0. The number of aldehydes is 1. The maximum absolute atomic E-state index is 11.0. The average Bonchev–Trinajstić information content (AvgIpc) is 2.50. The summed E-state index contributed by atoms with van der Waals surface area (Å²) in [5.74, 6) is 4.97. The fourth-order valence-corrected chi connectivity index (χ4v) is 4.59. The van der Waals surface area contributed by atoms with Gasteiger partial charge in [-0.25, -0.2) is 0 Å². The van der Waals surface area contributed by atoms with Gasteiger partial charge in [0.1, 0.15) is 6.29 Å². The minimum atomic E-state index is 0.385. The second-order valence-electron chi connectivity index (χ2n) is 7.87. The van der Waals surface area contributed by atoms with Crippen molar-refractivity contribution in [2.24, 2.45) is 35.5 Å². The van der Waals surface area contributed by atoms with Crippen molar-refractivity contribution in [3.63, 3.8) is 0 Å². The van der Waals surface area contributed by atoms with Crippen LogP contribution < -0.4 is 0 Å². The monoisotopic (exact) mass is 278 g/mol. The number of rotatable bonds is 6. The van der Waals surface area contributed by atoms with Crippen molar-refractivity contribution in [3.05, 3.63) is 0 Å². The van der Waals surface area contributed by atoms with Gasteiger partial charge < -0.3 is 4.79 Å². The molecule has 0 amide bonds. The van der Waals surface area contributed by atoms with Crippen LogP contribution in [0.15, 0.2) is 0 Å². The highest BCUT2D eigenvalue weighted by atomic mass is 16.1. The third kappa shape index (κ3) is 4.09. The fraction of sp³-hybridized carbons (Fsp3) is 0.947. The van der Waals surface area contributed by atoms with Crippen LogP contribution in [0, 0.1) is 35.5 Å². The first-order chi connectivity index (χ1) is 9.63. The summed E-state index contributed by atoms with van der Waals surface area (Å²) in [6.07, 6.45) is 13.3. The molecule has 2 aliphatic rings. The lowest BCUT2D eigenvalue weighted by Crippen LogP contribution is -2.33. The summed E-state index contributed by atoms with van der Waals surface area (Å²) in [5, 5.41) is 0. The highest BCUT2D eigenvalue weighted by Crippen LogP contribution is 2.46. The molecule has 2 saturated carbocycles. The maximum atomic E-state index is 11.0. The van der Waals surface area contributed by atoms with E-state index in [0.29, 0.717) is 5.92 Å². The van der Waals surface area contributed by atoms with Gasteiger partial charge in [-0.3, -0.25) is 0 Å². The molecule has 2 fully saturated rings. The van der Waals surface area contributed by atoms with Crippen molar-refractivity contribution in [2.75, 3.05) is 0 Å². The van der Waals surface area contributed by atoms with E-state index in [4.69, 9.17) is 0 Å². The van der Waals surface area contributed by atoms with E-state index < -0.39 is 0 Å². The normalized spacial score (nSPS) is 37.0. The topological polar surface area (TPSA) is 17.1 Å². The zero-order valence-electron chi connectivity index (χ0n) is 13.8. The zero-order valence-corrected chi connectivity index (χ0v) is 13.8. The minimum absolute atomic E-state index is 0.385. The Morgan fingerprint density at radius 1 is 1.00 bits per heavy atom. The quantitative estimate of drug-likeness (QED) is 0.588. The molecule has 1 heteroatoms. The van der Waals surface area contributed by atoms with E-state index in [-0.39, 0.29) is 0 Å².